The largest absolute Gasteiger partial charge is 0.278 e. The first-order valence-electron chi connectivity index (χ1n) is 4.96. The highest BCUT2D eigenvalue weighted by Crippen LogP contribution is 2.21. The summed E-state index contributed by atoms with van der Waals surface area (Å²) in [4.78, 5) is 23.1. The van der Waals surface area contributed by atoms with Gasteiger partial charge in [0.05, 0.1) is 5.69 Å². The van der Waals surface area contributed by atoms with Crippen LogP contribution in [0, 0.1) is 0 Å². The lowest BCUT2D eigenvalue weighted by molar-refractivity contribution is -0.120. The third-order valence-electron chi connectivity index (χ3n) is 2.46. The van der Waals surface area contributed by atoms with Crippen molar-refractivity contribution in [3.05, 3.63) is 42.5 Å². The molecule has 0 aliphatic carbocycles. The minimum atomic E-state index is -0.287. The second-order valence-electron chi connectivity index (χ2n) is 3.53. The summed E-state index contributed by atoms with van der Waals surface area (Å²) < 4.78 is 0. The highest BCUT2D eigenvalue weighted by Gasteiger charge is 2.09. The molecular formula is C13H11NO2. The molecule has 0 heterocycles. The molecule has 0 N–H and O–H groups in total. The number of nitrogens with zero attached hydrogens (tertiary/aromatic N) is 1. The Labute approximate surface area is 93.3 Å². The molecule has 0 saturated heterocycles. The molecule has 80 valence electrons. The molecule has 0 aromatic heterocycles. The molecule has 0 aliphatic heterocycles. The first-order valence-corrected chi connectivity index (χ1v) is 4.96. The quantitative estimate of drug-likeness (QED) is 0.718. The molecule has 0 spiro atoms. The van der Waals surface area contributed by atoms with E-state index in [2.05, 4.69) is 0 Å². The fourth-order valence-electron chi connectivity index (χ4n) is 1.64. The van der Waals surface area contributed by atoms with E-state index >= 15 is 0 Å². The Morgan fingerprint density at radius 1 is 1.12 bits per heavy atom. The number of rotatable bonds is 2. The third kappa shape index (κ3) is 1.80. The average molecular weight is 213 g/mol. The highest BCUT2D eigenvalue weighted by molar-refractivity contribution is 6.07. The van der Waals surface area contributed by atoms with E-state index in [1.807, 2.05) is 36.4 Å². The van der Waals surface area contributed by atoms with Crippen molar-refractivity contribution in [1.29, 1.82) is 0 Å². The van der Waals surface area contributed by atoms with E-state index in [0.29, 0.717) is 12.1 Å². The van der Waals surface area contributed by atoms with Crippen LogP contribution in [0.4, 0.5) is 5.69 Å². The van der Waals surface area contributed by atoms with Crippen molar-refractivity contribution in [3.8, 4) is 0 Å². The van der Waals surface area contributed by atoms with Crippen molar-refractivity contribution in [2.45, 2.75) is 6.92 Å². The molecule has 0 saturated carbocycles. The Hall–Kier alpha value is -2.16. The maximum absolute atomic E-state index is 11.2. The maximum atomic E-state index is 11.2. The second-order valence-corrected chi connectivity index (χ2v) is 3.53. The van der Waals surface area contributed by atoms with Gasteiger partial charge in [-0.25, -0.2) is 0 Å². The van der Waals surface area contributed by atoms with Crippen molar-refractivity contribution >= 4 is 28.8 Å². The molecule has 3 nitrogen and oxygen atoms in total. The fourth-order valence-corrected chi connectivity index (χ4v) is 1.64. The number of hydrogen-bond donors (Lipinski definition) is 0. The van der Waals surface area contributed by atoms with Crippen LogP contribution in [0.3, 0.4) is 0 Å². The van der Waals surface area contributed by atoms with Crippen molar-refractivity contribution in [1.82, 2.24) is 0 Å². The Bertz CT molecular complexity index is 548. The summed E-state index contributed by atoms with van der Waals surface area (Å²) in [5, 5.41) is 2.09. The van der Waals surface area contributed by atoms with E-state index in [9.17, 15) is 9.59 Å². The van der Waals surface area contributed by atoms with Crippen LogP contribution in [0.1, 0.15) is 6.92 Å². The molecule has 0 fully saturated rings. The van der Waals surface area contributed by atoms with Gasteiger partial charge in [-0.05, 0) is 22.9 Å². The smallest absolute Gasteiger partial charge is 0.230 e. The van der Waals surface area contributed by atoms with Gasteiger partial charge in [0.15, 0.2) is 0 Å². The lowest BCUT2D eigenvalue weighted by atomic mass is 10.1. The molecule has 2 rings (SSSR count). The van der Waals surface area contributed by atoms with Crippen molar-refractivity contribution in [2.75, 3.05) is 4.90 Å². The molecule has 16 heavy (non-hydrogen) atoms. The monoisotopic (exact) mass is 213 g/mol. The summed E-state index contributed by atoms with van der Waals surface area (Å²) >= 11 is 0. The molecule has 3 heteroatoms. The summed E-state index contributed by atoms with van der Waals surface area (Å²) in [6.07, 6.45) is 0.534. The zero-order valence-corrected chi connectivity index (χ0v) is 8.88. The molecule has 0 atom stereocenters. The summed E-state index contributed by atoms with van der Waals surface area (Å²) in [7, 11) is 0. The van der Waals surface area contributed by atoms with Crippen LogP contribution < -0.4 is 4.90 Å². The standard InChI is InChI=1S/C13H11NO2/c1-10(16)14(9-15)13-7-6-11-4-2-3-5-12(11)8-13/h2-9H,1H3. The predicted octanol–water partition coefficient (Wildman–Crippen LogP) is 2.35. The van der Waals surface area contributed by atoms with Crippen LogP contribution in [-0.2, 0) is 9.59 Å². The van der Waals surface area contributed by atoms with E-state index in [0.717, 1.165) is 15.7 Å². The number of carbonyl (C=O) groups excluding carboxylic acids is 2. The number of benzene rings is 2. The van der Waals surface area contributed by atoms with Gasteiger partial charge in [0.1, 0.15) is 0 Å². The first-order chi connectivity index (χ1) is 7.72. The van der Waals surface area contributed by atoms with E-state index in [1.54, 1.807) is 6.07 Å². The van der Waals surface area contributed by atoms with E-state index in [-0.39, 0.29) is 5.91 Å². The van der Waals surface area contributed by atoms with Crippen LogP contribution >= 0.6 is 0 Å². The Balaban J connectivity index is 2.53. The third-order valence-corrected chi connectivity index (χ3v) is 2.46. The Morgan fingerprint density at radius 3 is 2.44 bits per heavy atom. The minimum Gasteiger partial charge on any atom is -0.278 e. The minimum absolute atomic E-state index is 0.287. The number of fused-ring (bicyclic) bond motifs is 1. The van der Waals surface area contributed by atoms with Crippen LogP contribution in [0.2, 0.25) is 0 Å². The van der Waals surface area contributed by atoms with Gasteiger partial charge >= 0.3 is 0 Å². The Kier molecular flexibility index (Phi) is 2.68. The van der Waals surface area contributed by atoms with Crippen molar-refractivity contribution < 1.29 is 9.59 Å². The van der Waals surface area contributed by atoms with E-state index < -0.39 is 0 Å². The number of hydrogen-bond acceptors (Lipinski definition) is 2. The van der Waals surface area contributed by atoms with Gasteiger partial charge in [0.2, 0.25) is 12.3 Å². The maximum Gasteiger partial charge on any atom is 0.230 e. The van der Waals surface area contributed by atoms with Gasteiger partial charge < -0.3 is 0 Å². The summed E-state index contributed by atoms with van der Waals surface area (Å²) in [5.41, 5.74) is 0.598. The molecule has 2 amide bonds. The predicted molar refractivity (Wildman–Crippen MR) is 63.2 cm³/mol. The Morgan fingerprint density at radius 2 is 1.81 bits per heavy atom. The van der Waals surface area contributed by atoms with Crippen LogP contribution in [0.15, 0.2) is 42.5 Å². The molecular weight excluding hydrogens is 202 g/mol. The van der Waals surface area contributed by atoms with Crippen LogP contribution in [-0.4, -0.2) is 12.3 Å². The van der Waals surface area contributed by atoms with Gasteiger partial charge in [-0.1, -0.05) is 30.3 Å². The number of carbonyl (C=O) groups is 2. The lowest BCUT2D eigenvalue weighted by Gasteiger charge is -2.13. The second kappa shape index (κ2) is 4.14. The van der Waals surface area contributed by atoms with E-state index in [1.165, 1.54) is 6.92 Å². The first kappa shape index (κ1) is 10.4. The highest BCUT2D eigenvalue weighted by atomic mass is 16.2. The van der Waals surface area contributed by atoms with E-state index in [4.69, 9.17) is 0 Å². The van der Waals surface area contributed by atoms with Gasteiger partial charge in [0, 0.05) is 6.92 Å². The normalized spacial score (nSPS) is 10.1. The zero-order valence-electron chi connectivity index (χ0n) is 8.88. The fraction of sp³-hybridized carbons (Fsp3) is 0.0769. The summed E-state index contributed by atoms with van der Waals surface area (Å²) in [6.45, 7) is 1.36. The summed E-state index contributed by atoms with van der Waals surface area (Å²) in [5.74, 6) is -0.287. The van der Waals surface area contributed by atoms with Gasteiger partial charge in [0.25, 0.3) is 0 Å². The molecule has 0 aliphatic rings. The van der Waals surface area contributed by atoms with Crippen molar-refractivity contribution in [2.24, 2.45) is 0 Å². The molecule has 2 aromatic carbocycles. The average Bonchev–Trinajstić information content (AvgIpc) is 2.29. The number of imide groups is 1. The molecule has 2 aromatic rings. The van der Waals surface area contributed by atoms with Crippen LogP contribution in [0.5, 0.6) is 0 Å². The van der Waals surface area contributed by atoms with Crippen molar-refractivity contribution in [3.63, 3.8) is 0 Å². The number of anilines is 1. The topological polar surface area (TPSA) is 37.4 Å². The van der Waals surface area contributed by atoms with Crippen LogP contribution in [0.25, 0.3) is 10.8 Å². The molecule has 0 radical (unpaired) electrons. The lowest BCUT2D eigenvalue weighted by Crippen LogP contribution is -2.26. The summed E-state index contributed by atoms with van der Waals surface area (Å²) in [6, 6.07) is 13.3. The van der Waals surface area contributed by atoms with Gasteiger partial charge in [-0.15, -0.1) is 0 Å². The number of amides is 2. The van der Waals surface area contributed by atoms with Gasteiger partial charge in [-0.3, -0.25) is 14.5 Å². The molecule has 0 unspecified atom stereocenters. The zero-order chi connectivity index (χ0) is 11.5. The SMILES string of the molecule is CC(=O)N(C=O)c1ccc2ccccc2c1. The van der Waals surface area contributed by atoms with Gasteiger partial charge in [-0.2, -0.15) is 0 Å². The molecule has 0 bridgehead atoms.